The number of nitrogens with zero attached hydrogens (tertiary/aromatic N) is 4. The number of fused-ring (bicyclic) bond motifs is 1. The largest absolute Gasteiger partial charge is 0.332 e. The lowest BCUT2D eigenvalue weighted by Crippen LogP contribution is -2.41. The van der Waals surface area contributed by atoms with Crippen LogP contribution in [0.5, 0.6) is 0 Å². The molecule has 0 radical (unpaired) electrons. The van der Waals surface area contributed by atoms with Gasteiger partial charge in [0.25, 0.3) is 5.56 Å². The van der Waals surface area contributed by atoms with Gasteiger partial charge in [0.2, 0.25) is 5.91 Å². The quantitative estimate of drug-likeness (QED) is 0.444. The number of carbonyl (C=O) groups is 1. The van der Waals surface area contributed by atoms with Crippen LogP contribution in [0.15, 0.2) is 68.8 Å². The molecule has 0 aliphatic heterocycles. The van der Waals surface area contributed by atoms with Crippen molar-refractivity contribution in [1.29, 1.82) is 0 Å². The molecule has 0 atom stereocenters. The van der Waals surface area contributed by atoms with Crippen LogP contribution in [0.25, 0.3) is 11.0 Å². The van der Waals surface area contributed by atoms with Gasteiger partial charge in [-0.2, -0.15) is 5.10 Å². The molecule has 0 fully saturated rings. The minimum absolute atomic E-state index is 0.0982. The van der Waals surface area contributed by atoms with Gasteiger partial charge in [0.05, 0.1) is 12.1 Å². The van der Waals surface area contributed by atoms with Crippen molar-refractivity contribution in [2.75, 3.05) is 5.32 Å². The normalized spacial score (nSPS) is 11.1. The molecule has 0 bridgehead atoms. The average Bonchev–Trinajstić information content (AvgIpc) is 3.22. The third-order valence-corrected chi connectivity index (χ3v) is 6.08. The number of benzene rings is 2. The first kappa shape index (κ1) is 21.8. The molecule has 9 heteroatoms. The Morgan fingerprint density at radius 1 is 1.09 bits per heavy atom. The highest BCUT2D eigenvalue weighted by Crippen LogP contribution is 2.20. The molecule has 0 aliphatic rings. The van der Waals surface area contributed by atoms with E-state index in [2.05, 4.69) is 26.3 Å². The molecule has 4 aromatic rings. The Balaban J connectivity index is 1.75. The number of nitrogens with one attached hydrogen (secondary N) is 1. The molecule has 0 aliphatic carbocycles. The number of anilines is 1. The molecule has 32 heavy (non-hydrogen) atoms. The summed E-state index contributed by atoms with van der Waals surface area (Å²) in [5.41, 5.74) is 1.89. The standard InChI is InChI=1S/C23H22BrN5O3/c1-3-27-13-19-21(26-27)22(31)29(12-16-7-5-4-6-8-16)23(32)28(19)14-20(30)25-17-9-10-18(24)15(2)11-17/h4-11,13H,3,12,14H2,1-2H3,(H,25,30). The van der Waals surface area contributed by atoms with E-state index >= 15 is 0 Å². The first-order chi connectivity index (χ1) is 15.4. The number of rotatable bonds is 6. The number of aromatic nitrogens is 4. The smallest absolute Gasteiger partial charge is 0.325 e. The molecule has 0 saturated heterocycles. The van der Waals surface area contributed by atoms with Crippen molar-refractivity contribution in [2.24, 2.45) is 0 Å². The molecule has 1 N–H and O–H groups in total. The van der Waals surface area contributed by atoms with E-state index in [0.29, 0.717) is 17.7 Å². The molecule has 2 heterocycles. The second-order valence-corrected chi connectivity index (χ2v) is 8.33. The first-order valence-corrected chi connectivity index (χ1v) is 11.0. The van der Waals surface area contributed by atoms with Gasteiger partial charge in [-0.25, -0.2) is 4.79 Å². The maximum absolute atomic E-state index is 13.3. The fourth-order valence-electron chi connectivity index (χ4n) is 3.51. The minimum atomic E-state index is -0.552. The number of carbonyl (C=O) groups excluding carboxylic acids is 1. The minimum Gasteiger partial charge on any atom is -0.325 e. The van der Waals surface area contributed by atoms with Crippen LogP contribution in [-0.4, -0.2) is 24.8 Å². The molecule has 2 aromatic heterocycles. The monoisotopic (exact) mass is 495 g/mol. The van der Waals surface area contributed by atoms with Crippen LogP contribution in [-0.2, 0) is 24.4 Å². The van der Waals surface area contributed by atoms with E-state index < -0.39 is 11.2 Å². The van der Waals surface area contributed by atoms with Gasteiger partial charge in [-0.1, -0.05) is 46.3 Å². The van der Waals surface area contributed by atoms with Crippen LogP contribution in [0.3, 0.4) is 0 Å². The lowest BCUT2D eigenvalue weighted by molar-refractivity contribution is -0.116. The van der Waals surface area contributed by atoms with Crippen molar-refractivity contribution in [2.45, 2.75) is 33.5 Å². The fraction of sp³-hybridized carbons (Fsp3) is 0.217. The molecule has 0 unspecified atom stereocenters. The van der Waals surface area contributed by atoms with Crippen molar-refractivity contribution in [3.8, 4) is 0 Å². The Morgan fingerprint density at radius 3 is 2.53 bits per heavy atom. The van der Waals surface area contributed by atoms with Crippen molar-refractivity contribution >= 4 is 38.6 Å². The number of hydrogen-bond donors (Lipinski definition) is 1. The Morgan fingerprint density at radius 2 is 1.84 bits per heavy atom. The molecule has 1 amide bonds. The maximum atomic E-state index is 13.3. The van der Waals surface area contributed by atoms with Crippen LogP contribution in [0.1, 0.15) is 18.1 Å². The highest BCUT2D eigenvalue weighted by Gasteiger charge is 2.19. The van der Waals surface area contributed by atoms with Crippen molar-refractivity contribution in [3.63, 3.8) is 0 Å². The van der Waals surface area contributed by atoms with Gasteiger partial charge in [0, 0.05) is 22.9 Å². The van der Waals surface area contributed by atoms with Crippen LogP contribution in [0, 0.1) is 6.92 Å². The van der Waals surface area contributed by atoms with E-state index in [9.17, 15) is 14.4 Å². The van der Waals surface area contributed by atoms with Gasteiger partial charge in [-0.15, -0.1) is 0 Å². The number of hydrogen-bond acceptors (Lipinski definition) is 4. The predicted octanol–water partition coefficient (Wildman–Crippen LogP) is 3.14. The number of aryl methyl sites for hydroxylation is 2. The lowest BCUT2D eigenvalue weighted by atomic mass is 10.2. The highest BCUT2D eigenvalue weighted by atomic mass is 79.9. The van der Waals surface area contributed by atoms with Gasteiger partial charge in [-0.05, 0) is 43.2 Å². The summed E-state index contributed by atoms with van der Waals surface area (Å²) in [5.74, 6) is -0.371. The second kappa shape index (κ2) is 8.96. The van der Waals surface area contributed by atoms with E-state index in [1.165, 1.54) is 4.57 Å². The summed E-state index contributed by atoms with van der Waals surface area (Å²) in [7, 11) is 0. The summed E-state index contributed by atoms with van der Waals surface area (Å²) >= 11 is 3.44. The molecular formula is C23H22BrN5O3. The molecular weight excluding hydrogens is 474 g/mol. The summed E-state index contributed by atoms with van der Waals surface area (Å²) in [6.45, 7) is 4.20. The second-order valence-electron chi connectivity index (χ2n) is 7.48. The molecule has 8 nitrogen and oxygen atoms in total. The van der Waals surface area contributed by atoms with E-state index in [-0.39, 0.29) is 24.5 Å². The Labute approximate surface area is 192 Å². The van der Waals surface area contributed by atoms with Gasteiger partial charge in [0.1, 0.15) is 6.54 Å². The number of halogens is 1. The van der Waals surface area contributed by atoms with Crippen LogP contribution >= 0.6 is 15.9 Å². The third-order valence-electron chi connectivity index (χ3n) is 5.19. The van der Waals surface area contributed by atoms with Crippen molar-refractivity contribution in [3.05, 3.63) is 91.2 Å². The van der Waals surface area contributed by atoms with Crippen LogP contribution < -0.4 is 16.6 Å². The van der Waals surface area contributed by atoms with Crippen molar-refractivity contribution in [1.82, 2.24) is 18.9 Å². The zero-order chi connectivity index (χ0) is 22.8. The van der Waals surface area contributed by atoms with E-state index in [0.717, 1.165) is 20.2 Å². The summed E-state index contributed by atoms with van der Waals surface area (Å²) in [5, 5.41) is 7.15. The molecule has 2 aromatic carbocycles. The Kier molecular flexibility index (Phi) is 6.09. The summed E-state index contributed by atoms with van der Waals surface area (Å²) in [6.07, 6.45) is 1.63. The maximum Gasteiger partial charge on any atom is 0.332 e. The summed E-state index contributed by atoms with van der Waals surface area (Å²) in [4.78, 5) is 39.2. The zero-order valence-corrected chi connectivity index (χ0v) is 19.3. The highest BCUT2D eigenvalue weighted by molar-refractivity contribution is 9.10. The van der Waals surface area contributed by atoms with Crippen LogP contribution in [0.2, 0.25) is 0 Å². The Hall–Kier alpha value is -3.46. The Bertz CT molecular complexity index is 1420. The van der Waals surface area contributed by atoms with Gasteiger partial charge in [0.15, 0.2) is 5.52 Å². The molecule has 4 rings (SSSR count). The number of amides is 1. The third kappa shape index (κ3) is 4.29. The van der Waals surface area contributed by atoms with Crippen LogP contribution in [0.4, 0.5) is 5.69 Å². The summed E-state index contributed by atoms with van der Waals surface area (Å²) in [6, 6.07) is 14.7. The topological polar surface area (TPSA) is 90.9 Å². The average molecular weight is 496 g/mol. The van der Waals surface area contributed by atoms with E-state index in [1.807, 2.05) is 56.3 Å². The van der Waals surface area contributed by atoms with Crippen molar-refractivity contribution < 1.29 is 4.79 Å². The van der Waals surface area contributed by atoms with E-state index in [1.54, 1.807) is 16.9 Å². The SMILES string of the molecule is CCn1cc2c(n1)c(=O)n(Cc1ccccc1)c(=O)n2CC(=O)Nc1ccc(Br)c(C)c1. The fourth-order valence-corrected chi connectivity index (χ4v) is 3.76. The van der Waals surface area contributed by atoms with E-state index in [4.69, 9.17) is 0 Å². The molecule has 0 spiro atoms. The zero-order valence-electron chi connectivity index (χ0n) is 17.7. The molecule has 164 valence electrons. The predicted molar refractivity (Wildman–Crippen MR) is 127 cm³/mol. The van der Waals surface area contributed by atoms with Gasteiger partial charge >= 0.3 is 5.69 Å². The van der Waals surface area contributed by atoms with Gasteiger partial charge in [-0.3, -0.25) is 23.4 Å². The van der Waals surface area contributed by atoms with Gasteiger partial charge < -0.3 is 5.32 Å². The first-order valence-electron chi connectivity index (χ1n) is 10.2. The molecule has 0 saturated carbocycles. The lowest BCUT2D eigenvalue weighted by Gasteiger charge is -2.12. The summed E-state index contributed by atoms with van der Waals surface area (Å²) < 4.78 is 4.96.